The maximum Gasteiger partial charge on any atom is 0.139 e. The molecule has 0 aromatic rings. The summed E-state index contributed by atoms with van der Waals surface area (Å²) in [7, 11) is 0. The number of carbonyl (C=O) groups excluding carboxylic acids is 1. The van der Waals surface area contributed by atoms with E-state index in [0.717, 1.165) is 37.5 Å². The Balaban J connectivity index is 1.60. The van der Waals surface area contributed by atoms with Crippen LogP contribution < -0.4 is 11.2 Å². The van der Waals surface area contributed by atoms with Crippen molar-refractivity contribution >= 4 is 5.78 Å². The summed E-state index contributed by atoms with van der Waals surface area (Å²) in [5.74, 6) is 3.32. The third kappa shape index (κ3) is 2.73. The van der Waals surface area contributed by atoms with Crippen LogP contribution in [-0.4, -0.2) is 18.9 Å². The van der Waals surface area contributed by atoms with E-state index in [1.807, 2.05) is 0 Å². The van der Waals surface area contributed by atoms with Gasteiger partial charge in [-0.2, -0.15) is 0 Å². The molecule has 4 aliphatic carbocycles. The summed E-state index contributed by atoms with van der Waals surface area (Å²) in [5, 5.41) is 0. The molecule has 3 N–H and O–H groups in total. The van der Waals surface area contributed by atoms with Gasteiger partial charge in [0.25, 0.3) is 0 Å². The molecule has 0 aromatic heterocycles. The Morgan fingerprint density at radius 2 is 1.93 bits per heavy atom. The number of hydroxylamine groups is 1. The maximum atomic E-state index is 12.6. The smallest absolute Gasteiger partial charge is 0.139 e. The molecule has 0 amide bonds. The average molecular weight is 375 g/mol. The van der Waals surface area contributed by atoms with Crippen molar-refractivity contribution in [3.05, 3.63) is 11.8 Å². The zero-order valence-corrected chi connectivity index (χ0v) is 17.6. The van der Waals surface area contributed by atoms with Gasteiger partial charge in [-0.05, 0) is 67.6 Å². The quantitative estimate of drug-likeness (QED) is 0.571. The van der Waals surface area contributed by atoms with Gasteiger partial charge in [-0.25, -0.2) is 0 Å². The summed E-state index contributed by atoms with van der Waals surface area (Å²) in [6.45, 7) is 10.7. The second kappa shape index (κ2) is 6.59. The summed E-state index contributed by atoms with van der Waals surface area (Å²) in [6.07, 6.45) is 10.4. The highest BCUT2D eigenvalue weighted by Gasteiger charge is 2.62. The fourth-order valence-electron chi connectivity index (χ4n) is 7.84. The number of nitrogens with one attached hydrogen (secondary N) is 1. The van der Waals surface area contributed by atoms with Gasteiger partial charge in [-0.15, -0.1) is 0 Å². The van der Waals surface area contributed by atoms with Crippen LogP contribution in [-0.2, 0) is 9.63 Å². The first kappa shape index (κ1) is 19.4. The molecule has 0 aliphatic heterocycles. The summed E-state index contributed by atoms with van der Waals surface area (Å²) < 4.78 is 0. The van der Waals surface area contributed by atoms with Crippen molar-refractivity contribution in [2.75, 3.05) is 13.2 Å². The van der Waals surface area contributed by atoms with Crippen LogP contribution >= 0.6 is 0 Å². The first-order chi connectivity index (χ1) is 12.7. The molecule has 3 fully saturated rings. The van der Waals surface area contributed by atoms with Gasteiger partial charge >= 0.3 is 0 Å². The van der Waals surface area contributed by atoms with Crippen molar-refractivity contribution in [1.29, 1.82) is 0 Å². The van der Waals surface area contributed by atoms with Crippen molar-refractivity contribution < 1.29 is 9.63 Å². The molecule has 4 nitrogen and oxygen atoms in total. The second-order valence-electron chi connectivity index (χ2n) is 10.7. The first-order valence-corrected chi connectivity index (χ1v) is 11.1. The lowest BCUT2D eigenvalue weighted by Gasteiger charge is -2.62. The molecule has 27 heavy (non-hydrogen) atoms. The molecular formula is C23H38N2O2. The topological polar surface area (TPSA) is 64.3 Å². The van der Waals surface area contributed by atoms with Gasteiger partial charge in [0.15, 0.2) is 0 Å². The van der Waals surface area contributed by atoms with Crippen molar-refractivity contribution in [3.63, 3.8) is 0 Å². The monoisotopic (exact) mass is 374 g/mol. The fourth-order valence-corrected chi connectivity index (χ4v) is 7.84. The van der Waals surface area contributed by atoms with Gasteiger partial charge in [-0.1, -0.05) is 33.8 Å². The lowest BCUT2D eigenvalue weighted by Crippen LogP contribution is -2.57. The van der Waals surface area contributed by atoms with Gasteiger partial charge in [0, 0.05) is 29.5 Å². The number of allylic oxidation sites excluding steroid dienone is 2. The summed E-state index contributed by atoms with van der Waals surface area (Å²) in [5.41, 5.74) is 10.4. The highest BCUT2D eigenvalue weighted by Crippen LogP contribution is 2.67. The van der Waals surface area contributed by atoms with E-state index in [1.54, 1.807) is 0 Å². The second-order valence-corrected chi connectivity index (χ2v) is 10.7. The summed E-state index contributed by atoms with van der Waals surface area (Å²) >= 11 is 0. The molecule has 1 unspecified atom stereocenters. The van der Waals surface area contributed by atoms with E-state index in [9.17, 15) is 4.79 Å². The standard InChI is InChI=1S/C23H38N2O2/c1-21(2)18-7-5-15-16-6-8-20(26)23(16,4)11-9-17(15)22(18,3)12-10-19(21)25-27-14-13-24/h10,15-18,25H,5-9,11-14,24H2,1-4H3/t15-,16-,17+,18?,22+,23-/m0/s1. The van der Waals surface area contributed by atoms with Gasteiger partial charge in [-0.3, -0.25) is 15.1 Å². The molecule has 4 heteroatoms. The van der Waals surface area contributed by atoms with E-state index in [0.29, 0.717) is 36.2 Å². The van der Waals surface area contributed by atoms with Crippen LogP contribution in [0.1, 0.15) is 72.6 Å². The zero-order valence-electron chi connectivity index (χ0n) is 17.6. The Labute approximate surface area is 164 Å². The molecule has 0 spiro atoms. The van der Waals surface area contributed by atoms with Crippen LogP contribution in [0.2, 0.25) is 0 Å². The van der Waals surface area contributed by atoms with Crippen LogP contribution in [0.15, 0.2) is 11.8 Å². The van der Waals surface area contributed by atoms with E-state index in [-0.39, 0.29) is 10.8 Å². The van der Waals surface area contributed by atoms with Crippen LogP contribution in [0.4, 0.5) is 0 Å². The number of rotatable bonds is 4. The number of nitrogens with two attached hydrogens (primary N) is 1. The van der Waals surface area contributed by atoms with Crippen molar-refractivity contribution in [3.8, 4) is 0 Å². The van der Waals surface area contributed by atoms with E-state index in [1.165, 1.54) is 25.0 Å². The minimum absolute atomic E-state index is 0.0207. The Kier molecular flexibility index (Phi) is 4.74. The predicted octanol–water partition coefficient (Wildman–Crippen LogP) is 4.21. The molecule has 6 atom stereocenters. The number of ketones is 1. The lowest BCUT2D eigenvalue weighted by molar-refractivity contribution is -0.142. The van der Waals surface area contributed by atoms with Crippen molar-refractivity contribution in [1.82, 2.24) is 5.48 Å². The van der Waals surface area contributed by atoms with Gasteiger partial charge in [0.1, 0.15) is 5.78 Å². The molecule has 0 radical (unpaired) electrons. The SMILES string of the molecule is CC1(C)C(NOCCN)=CC[C@@]2(C)C1CC[C@@H]1[C@H]2CC[C@]2(C)C(=O)CC[C@@H]12. The van der Waals surface area contributed by atoms with Crippen LogP contribution in [0.25, 0.3) is 0 Å². The molecule has 0 bridgehead atoms. The Morgan fingerprint density at radius 3 is 2.67 bits per heavy atom. The largest absolute Gasteiger partial charge is 0.328 e. The van der Waals surface area contributed by atoms with E-state index < -0.39 is 0 Å². The molecular weight excluding hydrogens is 336 g/mol. The maximum absolute atomic E-state index is 12.6. The highest BCUT2D eigenvalue weighted by atomic mass is 16.6. The predicted molar refractivity (Wildman–Crippen MR) is 108 cm³/mol. The van der Waals surface area contributed by atoms with E-state index >= 15 is 0 Å². The average Bonchev–Trinajstić information content (AvgIpc) is 2.92. The van der Waals surface area contributed by atoms with Crippen molar-refractivity contribution in [2.24, 2.45) is 45.7 Å². The molecule has 4 aliphatic rings. The normalized spacial score (nSPS) is 45.5. The van der Waals surface area contributed by atoms with Crippen LogP contribution in [0, 0.1) is 39.9 Å². The van der Waals surface area contributed by atoms with Crippen molar-refractivity contribution in [2.45, 2.75) is 72.6 Å². The minimum atomic E-state index is -0.0207. The lowest BCUT2D eigenvalue weighted by atomic mass is 9.42. The molecule has 0 saturated heterocycles. The Bertz CT molecular complexity index is 642. The number of hydrogen-bond donors (Lipinski definition) is 2. The number of Topliss-reactive ketones (excluding diaryl/α,β-unsaturated/α-hetero) is 1. The molecule has 4 rings (SSSR count). The van der Waals surface area contributed by atoms with E-state index in [4.69, 9.17) is 10.6 Å². The number of fused-ring (bicyclic) bond motifs is 5. The van der Waals surface area contributed by atoms with E-state index in [2.05, 4.69) is 39.3 Å². The van der Waals surface area contributed by atoms with Crippen LogP contribution in [0.3, 0.4) is 0 Å². The van der Waals surface area contributed by atoms with Gasteiger partial charge < -0.3 is 5.73 Å². The summed E-state index contributed by atoms with van der Waals surface area (Å²) in [6, 6.07) is 0. The third-order valence-corrected chi connectivity index (χ3v) is 9.29. The van der Waals surface area contributed by atoms with Crippen LogP contribution in [0.5, 0.6) is 0 Å². The van der Waals surface area contributed by atoms with Gasteiger partial charge in [0.2, 0.25) is 0 Å². The highest BCUT2D eigenvalue weighted by molar-refractivity contribution is 5.87. The minimum Gasteiger partial charge on any atom is -0.328 e. The molecule has 0 aromatic carbocycles. The third-order valence-electron chi connectivity index (χ3n) is 9.29. The molecule has 152 valence electrons. The summed E-state index contributed by atoms with van der Waals surface area (Å²) in [4.78, 5) is 18.2. The zero-order chi connectivity index (χ0) is 19.4. The molecule has 3 saturated carbocycles. The van der Waals surface area contributed by atoms with Gasteiger partial charge in [0.05, 0.1) is 6.61 Å². The first-order valence-electron chi connectivity index (χ1n) is 11.1. The Hall–Kier alpha value is -0.870. The number of hydrogen-bond acceptors (Lipinski definition) is 4. The molecule has 0 heterocycles. The Morgan fingerprint density at radius 1 is 1.15 bits per heavy atom. The fraction of sp³-hybridized carbons (Fsp3) is 0.870. The number of carbonyl (C=O) groups is 1.